The van der Waals surface area contributed by atoms with Gasteiger partial charge in [-0.25, -0.2) is 13.2 Å². The molecule has 2 aromatic carbocycles. The van der Waals surface area contributed by atoms with Crippen molar-refractivity contribution in [2.24, 2.45) is 11.7 Å². The lowest BCUT2D eigenvalue weighted by Crippen LogP contribution is -2.48. The maximum Gasteiger partial charge on any atom is 0.240 e. The van der Waals surface area contributed by atoms with Gasteiger partial charge in [0.05, 0.1) is 11.2 Å². The molecule has 0 radical (unpaired) electrons. The van der Waals surface area contributed by atoms with Gasteiger partial charge in [-0.15, -0.1) is 0 Å². The van der Waals surface area contributed by atoms with E-state index in [1.54, 1.807) is 17.0 Å². The van der Waals surface area contributed by atoms with Crippen LogP contribution in [0.1, 0.15) is 37.2 Å². The van der Waals surface area contributed by atoms with Crippen LogP contribution in [0.25, 0.3) is 22.2 Å². The molecule has 1 atom stereocenters. The van der Waals surface area contributed by atoms with Crippen LogP contribution in [0.5, 0.6) is 0 Å². The predicted molar refractivity (Wildman–Crippen MR) is 113 cm³/mol. The van der Waals surface area contributed by atoms with Crippen molar-refractivity contribution in [3.8, 4) is 11.3 Å². The smallest absolute Gasteiger partial charge is 0.240 e. The van der Waals surface area contributed by atoms with E-state index in [0.29, 0.717) is 42.5 Å². The molecular weight excluding hydrogens is 419 g/mol. The van der Waals surface area contributed by atoms with Gasteiger partial charge in [-0.2, -0.15) is 0 Å². The van der Waals surface area contributed by atoms with Gasteiger partial charge in [0.25, 0.3) is 0 Å². The molecule has 32 heavy (non-hydrogen) atoms. The molecule has 1 aliphatic carbocycles. The first-order valence-electron chi connectivity index (χ1n) is 10.7. The largest absolute Gasteiger partial charge is 0.368 e. The number of H-pyrrole nitrogens is 1. The number of nitrogens with one attached hydrogen (secondary N) is 1. The molecule has 2 amide bonds. The number of benzene rings is 2. The van der Waals surface area contributed by atoms with Crippen LogP contribution in [-0.4, -0.2) is 34.3 Å². The zero-order valence-electron chi connectivity index (χ0n) is 17.2. The molecule has 5 nitrogen and oxygen atoms in total. The third kappa shape index (κ3) is 3.34. The third-order valence-corrected chi connectivity index (χ3v) is 6.76. The first kappa shape index (κ1) is 20.6. The molecule has 1 aliphatic heterocycles. The summed E-state index contributed by atoms with van der Waals surface area (Å²) < 4.78 is 42.0. The molecule has 2 aliphatic rings. The van der Waals surface area contributed by atoms with Gasteiger partial charge in [-0.05, 0) is 73.1 Å². The number of hydrogen-bond donors (Lipinski definition) is 2. The van der Waals surface area contributed by atoms with E-state index in [2.05, 4.69) is 4.98 Å². The molecule has 5 rings (SSSR count). The zero-order valence-corrected chi connectivity index (χ0v) is 17.2. The van der Waals surface area contributed by atoms with Gasteiger partial charge in [0, 0.05) is 23.9 Å². The predicted octanol–water partition coefficient (Wildman–Crippen LogP) is 4.22. The third-order valence-electron chi connectivity index (χ3n) is 6.76. The normalized spacial score (nSPS) is 22.8. The standard InChI is InChI=1S/C24H22F3N3O2/c25-15-5-3-12(4-6-15)21-20(17-10-16(26)11-18(27)22(17)29-21)13-8-14(9-13)24(32)30-7-1-2-19(30)23(28)31/h3-6,10-11,13-14,19,29H,1-2,7-9H2,(H2,28,31)/t13-,14-,19-/m1/s1. The molecule has 0 spiro atoms. The second-order valence-electron chi connectivity index (χ2n) is 8.69. The average molecular weight is 441 g/mol. The molecule has 3 aromatic rings. The number of nitrogens with two attached hydrogens (primary N) is 1. The van der Waals surface area contributed by atoms with E-state index in [0.717, 1.165) is 18.1 Å². The van der Waals surface area contributed by atoms with Gasteiger partial charge >= 0.3 is 0 Å². The minimum atomic E-state index is -0.706. The van der Waals surface area contributed by atoms with Crippen LogP contribution in [0.2, 0.25) is 0 Å². The molecule has 166 valence electrons. The van der Waals surface area contributed by atoms with Crippen LogP contribution < -0.4 is 5.73 Å². The molecule has 1 saturated heterocycles. The summed E-state index contributed by atoms with van der Waals surface area (Å²) in [6.45, 7) is 0.512. The minimum Gasteiger partial charge on any atom is -0.368 e. The maximum absolute atomic E-state index is 14.5. The summed E-state index contributed by atoms with van der Waals surface area (Å²) in [5.74, 6) is -2.75. The number of nitrogens with zero attached hydrogens (tertiary/aromatic N) is 1. The van der Waals surface area contributed by atoms with E-state index in [4.69, 9.17) is 5.73 Å². The molecule has 3 N–H and O–H groups in total. The molecule has 1 saturated carbocycles. The van der Waals surface area contributed by atoms with Crippen LogP contribution in [0.3, 0.4) is 0 Å². The number of primary amides is 1. The summed E-state index contributed by atoms with van der Waals surface area (Å²) in [6, 6.07) is 7.34. The Kier molecular flexibility index (Phi) is 4.95. The Morgan fingerprint density at radius 3 is 2.44 bits per heavy atom. The Balaban J connectivity index is 1.48. The number of halogens is 3. The van der Waals surface area contributed by atoms with Gasteiger partial charge in [0.15, 0.2) is 0 Å². The monoisotopic (exact) mass is 441 g/mol. The number of likely N-dealkylation sites (tertiary alicyclic amines) is 1. The average Bonchev–Trinajstić information content (AvgIpc) is 3.33. The summed E-state index contributed by atoms with van der Waals surface area (Å²) in [5.41, 5.74) is 7.60. The summed E-state index contributed by atoms with van der Waals surface area (Å²) in [7, 11) is 0. The summed E-state index contributed by atoms with van der Waals surface area (Å²) in [4.78, 5) is 29.2. The fourth-order valence-corrected chi connectivity index (χ4v) is 5.12. The second-order valence-corrected chi connectivity index (χ2v) is 8.69. The van der Waals surface area contributed by atoms with Crippen molar-refractivity contribution in [3.63, 3.8) is 0 Å². The van der Waals surface area contributed by atoms with Gasteiger partial charge in [-0.3, -0.25) is 9.59 Å². The number of amides is 2. The molecule has 2 fully saturated rings. The molecular formula is C24H22F3N3O2. The first-order valence-corrected chi connectivity index (χ1v) is 10.7. The first-order chi connectivity index (χ1) is 15.3. The van der Waals surface area contributed by atoms with Crippen LogP contribution in [0, 0.1) is 23.4 Å². The van der Waals surface area contributed by atoms with Gasteiger partial charge in [-0.1, -0.05) is 0 Å². The number of aromatic nitrogens is 1. The van der Waals surface area contributed by atoms with E-state index in [-0.39, 0.29) is 23.3 Å². The number of rotatable bonds is 4. The van der Waals surface area contributed by atoms with Crippen molar-refractivity contribution in [2.45, 2.75) is 37.6 Å². The van der Waals surface area contributed by atoms with Gasteiger partial charge in [0.2, 0.25) is 11.8 Å². The Morgan fingerprint density at radius 2 is 1.75 bits per heavy atom. The van der Waals surface area contributed by atoms with Crippen LogP contribution in [0.4, 0.5) is 13.2 Å². The van der Waals surface area contributed by atoms with Crippen molar-refractivity contribution in [1.29, 1.82) is 0 Å². The summed E-state index contributed by atoms with van der Waals surface area (Å²) >= 11 is 0. The highest BCUT2D eigenvalue weighted by molar-refractivity contribution is 5.93. The molecule has 0 unspecified atom stereocenters. The number of carbonyl (C=O) groups excluding carboxylic acids is 2. The molecule has 2 heterocycles. The topological polar surface area (TPSA) is 79.2 Å². The van der Waals surface area contributed by atoms with Crippen LogP contribution >= 0.6 is 0 Å². The maximum atomic E-state index is 14.5. The Bertz CT molecular complexity index is 1220. The van der Waals surface area contributed by atoms with Crippen molar-refractivity contribution in [1.82, 2.24) is 9.88 Å². The Labute approximate surface area is 182 Å². The SMILES string of the molecule is NC(=O)[C@H]1CCCN1C(=O)[C@H]1C[C@H](c2c(-c3ccc(F)cc3)[nH]c3c(F)cc(F)cc32)C1. The highest BCUT2D eigenvalue weighted by atomic mass is 19.1. The summed E-state index contributed by atoms with van der Waals surface area (Å²) in [6.07, 6.45) is 2.32. The van der Waals surface area contributed by atoms with E-state index in [1.165, 1.54) is 18.2 Å². The van der Waals surface area contributed by atoms with Crippen molar-refractivity contribution >= 4 is 22.7 Å². The lowest BCUT2D eigenvalue weighted by Gasteiger charge is -2.38. The number of aromatic amines is 1. The number of carbonyl (C=O) groups is 2. The minimum absolute atomic E-state index is 0.0944. The molecule has 1 aromatic heterocycles. The second kappa shape index (κ2) is 7.69. The fraction of sp³-hybridized carbons (Fsp3) is 0.333. The van der Waals surface area contributed by atoms with E-state index in [1.807, 2.05) is 0 Å². The molecule has 8 heteroatoms. The highest BCUT2D eigenvalue weighted by Gasteiger charge is 2.43. The number of hydrogen-bond acceptors (Lipinski definition) is 2. The van der Waals surface area contributed by atoms with Gasteiger partial charge < -0.3 is 15.6 Å². The Morgan fingerprint density at radius 1 is 1.03 bits per heavy atom. The lowest BCUT2D eigenvalue weighted by atomic mass is 9.69. The Hall–Kier alpha value is -3.29. The van der Waals surface area contributed by atoms with Crippen LogP contribution in [-0.2, 0) is 9.59 Å². The zero-order chi connectivity index (χ0) is 22.6. The quantitative estimate of drug-likeness (QED) is 0.636. The van der Waals surface area contributed by atoms with E-state index in [9.17, 15) is 22.8 Å². The van der Waals surface area contributed by atoms with E-state index >= 15 is 0 Å². The molecule has 0 bridgehead atoms. The highest BCUT2D eigenvalue weighted by Crippen LogP contribution is 2.49. The van der Waals surface area contributed by atoms with Gasteiger partial charge in [0.1, 0.15) is 23.5 Å². The van der Waals surface area contributed by atoms with Crippen molar-refractivity contribution < 1.29 is 22.8 Å². The van der Waals surface area contributed by atoms with Crippen LogP contribution in [0.15, 0.2) is 36.4 Å². The fourth-order valence-electron chi connectivity index (χ4n) is 5.12. The van der Waals surface area contributed by atoms with E-state index < -0.39 is 29.4 Å². The van der Waals surface area contributed by atoms with Crippen molar-refractivity contribution in [3.05, 3.63) is 59.4 Å². The summed E-state index contributed by atoms with van der Waals surface area (Å²) in [5, 5.41) is 0.425. The lowest BCUT2D eigenvalue weighted by molar-refractivity contribution is -0.143. The number of fused-ring (bicyclic) bond motifs is 1. The van der Waals surface area contributed by atoms with Crippen molar-refractivity contribution in [2.75, 3.05) is 6.54 Å².